The highest BCUT2D eigenvalue weighted by atomic mass is 16.5. The summed E-state index contributed by atoms with van der Waals surface area (Å²) in [5.41, 5.74) is 7.31. The molecule has 4 nitrogen and oxygen atoms in total. The monoisotopic (exact) mass is 337 g/mol. The Labute approximate surface area is 149 Å². The fraction of sp³-hybridized carbons (Fsp3) is 0.429. The van der Waals surface area contributed by atoms with Gasteiger partial charge in [-0.25, -0.2) is 0 Å². The predicted molar refractivity (Wildman–Crippen MR) is 102 cm³/mol. The van der Waals surface area contributed by atoms with Crippen LogP contribution in [0, 0.1) is 0 Å². The van der Waals surface area contributed by atoms with Crippen LogP contribution >= 0.6 is 0 Å². The summed E-state index contributed by atoms with van der Waals surface area (Å²) in [6.07, 6.45) is 15.2. The molecule has 1 atom stereocenters. The van der Waals surface area contributed by atoms with Gasteiger partial charge in [0.2, 0.25) is 0 Å². The Bertz CT molecular complexity index is 767. The number of aryl methyl sites for hydroxylation is 2. The number of ether oxygens (including phenoxy) is 1. The second-order valence-corrected chi connectivity index (χ2v) is 7.05. The molecule has 0 fully saturated rings. The Morgan fingerprint density at radius 2 is 1.96 bits per heavy atom. The van der Waals surface area contributed by atoms with Gasteiger partial charge in [0.25, 0.3) is 0 Å². The molecule has 0 aromatic carbocycles. The molecule has 2 aromatic rings. The number of hydrogen-bond donors (Lipinski definition) is 3. The van der Waals surface area contributed by atoms with Crippen molar-refractivity contribution >= 4 is 11.8 Å². The zero-order chi connectivity index (χ0) is 17.1. The van der Waals surface area contributed by atoms with E-state index in [9.17, 15) is 0 Å². The molecule has 0 amide bonds. The van der Waals surface area contributed by atoms with E-state index in [-0.39, 0.29) is 6.10 Å². The lowest BCUT2D eigenvalue weighted by atomic mass is 10.0. The van der Waals surface area contributed by atoms with E-state index in [4.69, 9.17) is 4.74 Å². The lowest BCUT2D eigenvalue weighted by molar-refractivity contribution is 0.170. The maximum absolute atomic E-state index is 5.67. The SMILES string of the molecule is COC1C=C(c2ccc[nH]2)N/C1=C/c1[nH]c2cc1CCCCCCC2. The number of aromatic nitrogens is 2. The third-order valence-electron chi connectivity index (χ3n) is 5.23. The van der Waals surface area contributed by atoms with Gasteiger partial charge in [0.1, 0.15) is 6.10 Å². The first kappa shape index (κ1) is 16.3. The van der Waals surface area contributed by atoms with Crippen LogP contribution in [-0.4, -0.2) is 23.2 Å². The number of methoxy groups -OCH3 is 1. The van der Waals surface area contributed by atoms with Crippen LogP contribution in [0.3, 0.4) is 0 Å². The molecule has 4 rings (SSSR count). The summed E-state index contributed by atoms with van der Waals surface area (Å²) in [6.45, 7) is 0. The van der Waals surface area contributed by atoms with E-state index in [2.05, 4.69) is 39.6 Å². The number of aromatic amines is 2. The molecular formula is C21H27N3O. The molecule has 2 aromatic heterocycles. The Morgan fingerprint density at radius 1 is 1.12 bits per heavy atom. The summed E-state index contributed by atoms with van der Waals surface area (Å²) >= 11 is 0. The van der Waals surface area contributed by atoms with Gasteiger partial charge in [-0.2, -0.15) is 0 Å². The smallest absolute Gasteiger partial charge is 0.117 e. The van der Waals surface area contributed by atoms with Crippen LogP contribution in [0.4, 0.5) is 0 Å². The topological polar surface area (TPSA) is 52.8 Å². The zero-order valence-electron chi connectivity index (χ0n) is 14.9. The molecule has 1 aliphatic carbocycles. The normalized spacial score (nSPS) is 22.7. The molecule has 3 N–H and O–H groups in total. The van der Waals surface area contributed by atoms with E-state index >= 15 is 0 Å². The molecule has 1 unspecified atom stereocenters. The van der Waals surface area contributed by atoms with Gasteiger partial charge in [-0.3, -0.25) is 0 Å². The molecule has 0 radical (unpaired) electrons. The van der Waals surface area contributed by atoms with Crippen molar-refractivity contribution in [2.45, 2.75) is 51.0 Å². The van der Waals surface area contributed by atoms with E-state index in [1.54, 1.807) is 7.11 Å². The first-order valence-corrected chi connectivity index (χ1v) is 9.41. The molecule has 3 heterocycles. The molecule has 132 valence electrons. The van der Waals surface area contributed by atoms with Gasteiger partial charge in [-0.15, -0.1) is 0 Å². The van der Waals surface area contributed by atoms with Crippen LogP contribution in [-0.2, 0) is 17.6 Å². The lowest BCUT2D eigenvalue weighted by Crippen LogP contribution is -2.15. The van der Waals surface area contributed by atoms with Crippen molar-refractivity contribution in [1.82, 2.24) is 15.3 Å². The van der Waals surface area contributed by atoms with Crippen LogP contribution < -0.4 is 5.32 Å². The van der Waals surface area contributed by atoms with Crippen LogP contribution in [0.2, 0.25) is 0 Å². The molecule has 0 spiro atoms. The van der Waals surface area contributed by atoms with Crippen molar-refractivity contribution in [2.24, 2.45) is 0 Å². The zero-order valence-corrected chi connectivity index (χ0v) is 14.9. The number of fused-ring (bicyclic) bond motifs is 2. The highest BCUT2D eigenvalue weighted by molar-refractivity contribution is 5.71. The van der Waals surface area contributed by atoms with Gasteiger partial charge in [-0.1, -0.05) is 19.3 Å². The van der Waals surface area contributed by atoms with Gasteiger partial charge in [0, 0.05) is 24.7 Å². The highest BCUT2D eigenvalue weighted by Gasteiger charge is 2.22. The van der Waals surface area contributed by atoms with E-state index in [1.165, 1.54) is 49.1 Å². The molecular weight excluding hydrogens is 310 g/mol. The minimum atomic E-state index is -0.0337. The van der Waals surface area contributed by atoms with Crippen molar-refractivity contribution in [1.29, 1.82) is 0 Å². The van der Waals surface area contributed by atoms with Crippen LogP contribution in [0.1, 0.15) is 54.7 Å². The second kappa shape index (κ2) is 7.36. The minimum absolute atomic E-state index is 0.0337. The highest BCUT2D eigenvalue weighted by Crippen LogP contribution is 2.27. The Balaban J connectivity index is 1.60. The third-order valence-corrected chi connectivity index (χ3v) is 5.23. The van der Waals surface area contributed by atoms with Crippen molar-refractivity contribution < 1.29 is 4.74 Å². The van der Waals surface area contributed by atoms with E-state index < -0.39 is 0 Å². The summed E-state index contributed by atoms with van der Waals surface area (Å²) in [6, 6.07) is 6.45. The van der Waals surface area contributed by atoms with Gasteiger partial charge < -0.3 is 20.0 Å². The molecule has 0 saturated carbocycles. The van der Waals surface area contributed by atoms with Gasteiger partial charge in [0.05, 0.1) is 17.1 Å². The quantitative estimate of drug-likeness (QED) is 0.778. The first-order chi connectivity index (χ1) is 12.3. The second-order valence-electron chi connectivity index (χ2n) is 7.05. The number of hydrogen-bond acceptors (Lipinski definition) is 2. The Kier molecular flexibility index (Phi) is 4.79. The predicted octanol–water partition coefficient (Wildman–Crippen LogP) is 4.39. The molecule has 25 heavy (non-hydrogen) atoms. The van der Waals surface area contributed by atoms with Crippen molar-refractivity contribution in [3.63, 3.8) is 0 Å². The van der Waals surface area contributed by atoms with E-state index in [0.29, 0.717) is 0 Å². The largest absolute Gasteiger partial charge is 0.371 e. The van der Waals surface area contributed by atoms with Crippen molar-refractivity contribution in [2.75, 3.05) is 7.11 Å². The van der Waals surface area contributed by atoms with Gasteiger partial charge in [0.15, 0.2) is 0 Å². The number of H-pyrrole nitrogens is 2. The first-order valence-electron chi connectivity index (χ1n) is 9.41. The van der Waals surface area contributed by atoms with E-state index in [0.717, 1.165) is 29.9 Å². The summed E-state index contributed by atoms with van der Waals surface area (Å²) in [5.74, 6) is 0. The molecule has 2 aliphatic rings. The molecule has 4 heteroatoms. The fourth-order valence-electron chi connectivity index (χ4n) is 3.84. The number of nitrogens with one attached hydrogen (secondary N) is 3. The summed E-state index contributed by atoms with van der Waals surface area (Å²) in [4.78, 5) is 6.90. The van der Waals surface area contributed by atoms with Crippen molar-refractivity contribution in [3.8, 4) is 0 Å². The van der Waals surface area contributed by atoms with E-state index in [1.807, 2.05) is 12.3 Å². The maximum atomic E-state index is 5.67. The Morgan fingerprint density at radius 3 is 2.76 bits per heavy atom. The molecule has 1 aliphatic heterocycles. The average Bonchev–Trinajstić information content (AvgIpc) is 3.35. The van der Waals surface area contributed by atoms with Gasteiger partial charge >= 0.3 is 0 Å². The van der Waals surface area contributed by atoms with Crippen molar-refractivity contribution in [3.05, 3.63) is 58.8 Å². The third kappa shape index (κ3) is 3.59. The minimum Gasteiger partial charge on any atom is -0.371 e. The molecule has 0 saturated heterocycles. The van der Waals surface area contributed by atoms with Crippen LogP contribution in [0.5, 0.6) is 0 Å². The summed E-state index contributed by atoms with van der Waals surface area (Å²) in [7, 11) is 1.76. The van der Waals surface area contributed by atoms with Crippen LogP contribution in [0.25, 0.3) is 11.8 Å². The standard InChI is InChI=1S/C21H27N3O/c1-25-21-14-19(17-10-7-11-22-17)24-20(21)13-18-15-8-5-3-2-4-6-9-16(12-15)23-18/h7,10-14,21-24H,2-6,8-9H2,1H3/b20-13+. The maximum Gasteiger partial charge on any atom is 0.117 e. The van der Waals surface area contributed by atoms with Gasteiger partial charge in [-0.05, 0) is 61.6 Å². The average molecular weight is 337 g/mol. The fourth-order valence-corrected chi connectivity index (χ4v) is 3.84. The lowest BCUT2D eigenvalue weighted by Gasteiger charge is -2.10. The Hall–Kier alpha value is -2.20. The van der Waals surface area contributed by atoms with Crippen LogP contribution in [0.15, 0.2) is 36.2 Å². The summed E-state index contributed by atoms with van der Waals surface area (Å²) in [5, 5.41) is 3.53. The molecule has 2 bridgehead atoms. The number of rotatable bonds is 3. The summed E-state index contributed by atoms with van der Waals surface area (Å²) < 4.78 is 5.67.